The van der Waals surface area contributed by atoms with E-state index < -0.39 is 22.8 Å². The van der Waals surface area contributed by atoms with E-state index >= 15 is 0 Å². The van der Waals surface area contributed by atoms with Gasteiger partial charge < -0.3 is 10.2 Å². The molecule has 4 heteroatoms. The van der Waals surface area contributed by atoms with E-state index in [0.29, 0.717) is 25.7 Å². The average Bonchev–Trinajstić information content (AvgIpc) is 2.57. The molecule has 4 nitrogen and oxygen atoms in total. The first kappa shape index (κ1) is 20.7. The van der Waals surface area contributed by atoms with Crippen molar-refractivity contribution in [3.8, 4) is 0 Å². The number of carboxylic acid groups (broad SMARTS) is 2. The zero-order chi connectivity index (χ0) is 18.2. The Morgan fingerprint density at radius 1 is 0.958 bits per heavy atom. The van der Waals surface area contributed by atoms with Gasteiger partial charge in [0.05, 0.1) is 10.8 Å². The number of allylic oxidation sites excluding steroid dienone is 2. The Morgan fingerprint density at radius 2 is 1.50 bits per heavy atom. The zero-order valence-electron chi connectivity index (χ0n) is 15.5. The summed E-state index contributed by atoms with van der Waals surface area (Å²) in [6.45, 7) is 6.24. The molecule has 2 N–H and O–H groups in total. The fourth-order valence-corrected chi connectivity index (χ4v) is 4.27. The van der Waals surface area contributed by atoms with Crippen molar-refractivity contribution in [1.29, 1.82) is 0 Å². The topological polar surface area (TPSA) is 74.6 Å². The van der Waals surface area contributed by atoms with E-state index in [-0.39, 0.29) is 5.92 Å². The second-order valence-electron chi connectivity index (χ2n) is 7.38. The summed E-state index contributed by atoms with van der Waals surface area (Å²) in [5.74, 6) is -1.60. The van der Waals surface area contributed by atoms with Gasteiger partial charge in [-0.15, -0.1) is 0 Å². The molecule has 0 amide bonds. The molecule has 0 saturated carbocycles. The maximum Gasteiger partial charge on any atom is 0.311 e. The van der Waals surface area contributed by atoms with E-state index in [1.54, 1.807) is 0 Å². The van der Waals surface area contributed by atoms with Gasteiger partial charge >= 0.3 is 11.9 Å². The third-order valence-electron chi connectivity index (χ3n) is 5.97. The van der Waals surface area contributed by atoms with Crippen molar-refractivity contribution in [3.05, 3.63) is 12.2 Å². The maximum absolute atomic E-state index is 12.4. The normalized spacial score (nSPS) is 27.8. The van der Waals surface area contributed by atoms with E-state index in [1.165, 1.54) is 0 Å². The summed E-state index contributed by atoms with van der Waals surface area (Å²) in [5, 5.41) is 20.2. The zero-order valence-corrected chi connectivity index (χ0v) is 15.5. The van der Waals surface area contributed by atoms with Crippen LogP contribution < -0.4 is 0 Å². The highest BCUT2D eigenvalue weighted by Crippen LogP contribution is 2.56. The SMILES string of the molecule is CCCCC(CC)CC1(C(=O)O)CC=CCC1(CCCC)C(=O)O. The molecule has 0 heterocycles. The molecular weight excluding hydrogens is 304 g/mol. The number of rotatable bonds is 11. The van der Waals surface area contributed by atoms with Crippen molar-refractivity contribution in [2.45, 2.75) is 85.0 Å². The van der Waals surface area contributed by atoms with Gasteiger partial charge in [-0.1, -0.05) is 71.4 Å². The molecule has 3 atom stereocenters. The predicted molar refractivity (Wildman–Crippen MR) is 96.0 cm³/mol. The highest BCUT2D eigenvalue weighted by molar-refractivity contribution is 5.87. The summed E-state index contributed by atoms with van der Waals surface area (Å²) in [6.07, 6.45) is 11.0. The van der Waals surface area contributed by atoms with Gasteiger partial charge in [-0.3, -0.25) is 9.59 Å². The smallest absolute Gasteiger partial charge is 0.311 e. The van der Waals surface area contributed by atoms with Crippen LogP contribution in [0.15, 0.2) is 12.2 Å². The summed E-state index contributed by atoms with van der Waals surface area (Å²) in [7, 11) is 0. The Bertz CT molecular complexity index is 457. The van der Waals surface area contributed by atoms with Crippen molar-refractivity contribution in [2.75, 3.05) is 0 Å². The third kappa shape index (κ3) is 4.01. The van der Waals surface area contributed by atoms with Crippen LogP contribution in [0.25, 0.3) is 0 Å². The number of unbranched alkanes of at least 4 members (excludes halogenated alkanes) is 2. The lowest BCUT2D eigenvalue weighted by atomic mass is 9.52. The highest BCUT2D eigenvalue weighted by Gasteiger charge is 2.61. The number of aliphatic carboxylic acids is 2. The van der Waals surface area contributed by atoms with Gasteiger partial charge in [0, 0.05) is 0 Å². The van der Waals surface area contributed by atoms with Crippen molar-refractivity contribution in [2.24, 2.45) is 16.7 Å². The Hall–Kier alpha value is -1.32. The van der Waals surface area contributed by atoms with Crippen LogP contribution in [0.1, 0.15) is 85.0 Å². The van der Waals surface area contributed by atoms with Crippen molar-refractivity contribution in [1.82, 2.24) is 0 Å². The molecule has 0 aromatic rings. The van der Waals surface area contributed by atoms with Gasteiger partial charge in [-0.25, -0.2) is 0 Å². The lowest BCUT2D eigenvalue weighted by molar-refractivity contribution is -0.178. The molecule has 3 unspecified atom stereocenters. The molecule has 1 aliphatic rings. The van der Waals surface area contributed by atoms with E-state index in [0.717, 1.165) is 38.5 Å². The average molecular weight is 338 g/mol. The van der Waals surface area contributed by atoms with E-state index in [1.807, 2.05) is 19.1 Å². The second kappa shape index (κ2) is 9.24. The Kier molecular flexibility index (Phi) is 7.98. The van der Waals surface area contributed by atoms with Gasteiger partial charge in [0.2, 0.25) is 0 Å². The van der Waals surface area contributed by atoms with Crippen LogP contribution >= 0.6 is 0 Å². The molecule has 0 aliphatic heterocycles. The molecular formula is C20H34O4. The van der Waals surface area contributed by atoms with Gasteiger partial charge in [0.25, 0.3) is 0 Å². The summed E-state index contributed by atoms with van der Waals surface area (Å²) < 4.78 is 0. The first-order valence-corrected chi connectivity index (χ1v) is 9.52. The van der Waals surface area contributed by atoms with Crippen LogP contribution in [0.2, 0.25) is 0 Å². The van der Waals surface area contributed by atoms with E-state index in [4.69, 9.17) is 0 Å². The van der Waals surface area contributed by atoms with Crippen molar-refractivity contribution < 1.29 is 19.8 Å². The van der Waals surface area contributed by atoms with Crippen LogP contribution in [0.4, 0.5) is 0 Å². The number of carbonyl (C=O) groups is 2. The molecule has 0 fully saturated rings. The highest BCUT2D eigenvalue weighted by atomic mass is 16.4. The first-order valence-electron chi connectivity index (χ1n) is 9.52. The van der Waals surface area contributed by atoms with Crippen molar-refractivity contribution in [3.63, 3.8) is 0 Å². The second-order valence-corrected chi connectivity index (χ2v) is 7.38. The molecule has 0 bridgehead atoms. The molecule has 0 saturated heterocycles. The van der Waals surface area contributed by atoms with Crippen LogP contribution in [0.5, 0.6) is 0 Å². The minimum Gasteiger partial charge on any atom is -0.481 e. The van der Waals surface area contributed by atoms with Gasteiger partial charge in [-0.05, 0) is 31.6 Å². The summed E-state index contributed by atoms with van der Waals surface area (Å²) >= 11 is 0. The largest absolute Gasteiger partial charge is 0.481 e. The monoisotopic (exact) mass is 338 g/mol. The molecule has 1 rings (SSSR count). The van der Waals surface area contributed by atoms with Gasteiger partial charge in [-0.2, -0.15) is 0 Å². The molecule has 0 aromatic heterocycles. The summed E-state index contributed by atoms with van der Waals surface area (Å²) in [5.41, 5.74) is -2.36. The predicted octanol–water partition coefficient (Wildman–Crippen LogP) is 5.28. The summed E-state index contributed by atoms with van der Waals surface area (Å²) in [4.78, 5) is 24.7. The number of carboxylic acids is 2. The standard InChI is InChI=1S/C20H34O4/c1-4-7-11-16(6-3)15-20(18(23)24)14-10-9-13-19(20,17(21)22)12-8-5-2/h9-10,16H,4-8,11-15H2,1-3H3,(H,21,22)(H,23,24). The minimum absolute atomic E-state index is 0.271. The third-order valence-corrected chi connectivity index (χ3v) is 5.97. The fraction of sp³-hybridized carbons (Fsp3) is 0.800. The van der Waals surface area contributed by atoms with Crippen LogP contribution in [-0.2, 0) is 9.59 Å². The lowest BCUT2D eigenvalue weighted by Gasteiger charge is -2.48. The molecule has 0 aromatic carbocycles. The number of hydrogen-bond acceptors (Lipinski definition) is 2. The molecule has 1 aliphatic carbocycles. The lowest BCUT2D eigenvalue weighted by Crippen LogP contribution is -2.54. The van der Waals surface area contributed by atoms with Crippen molar-refractivity contribution >= 4 is 11.9 Å². The quantitative estimate of drug-likeness (QED) is 0.503. The molecule has 24 heavy (non-hydrogen) atoms. The first-order chi connectivity index (χ1) is 11.4. The fourth-order valence-electron chi connectivity index (χ4n) is 4.27. The Morgan fingerprint density at radius 3 is 1.96 bits per heavy atom. The van der Waals surface area contributed by atoms with E-state index in [9.17, 15) is 19.8 Å². The van der Waals surface area contributed by atoms with Crippen LogP contribution in [-0.4, -0.2) is 22.2 Å². The molecule has 0 spiro atoms. The van der Waals surface area contributed by atoms with Gasteiger partial charge in [0.15, 0.2) is 0 Å². The van der Waals surface area contributed by atoms with E-state index in [2.05, 4.69) is 13.8 Å². The van der Waals surface area contributed by atoms with Gasteiger partial charge in [0.1, 0.15) is 0 Å². The maximum atomic E-state index is 12.4. The Labute approximate surface area is 146 Å². The Balaban J connectivity index is 3.28. The van der Waals surface area contributed by atoms with Crippen LogP contribution in [0, 0.1) is 16.7 Å². The summed E-state index contributed by atoms with van der Waals surface area (Å²) in [6, 6.07) is 0. The number of hydrogen-bond donors (Lipinski definition) is 2. The minimum atomic E-state index is -1.18. The molecule has 138 valence electrons. The van der Waals surface area contributed by atoms with Crippen LogP contribution in [0.3, 0.4) is 0 Å². The molecule has 0 radical (unpaired) electrons.